The zero-order chi connectivity index (χ0) is 15.7. The number of esters is 1. The van der Waals surface area contributed by atoms with Crippen molar-refractivity contribution in [1.82, 2.24) is 0 Å². The Morgan fingerprint density at radius 2 is 1.45 bits per heavy atom. The molecule has 0 saturated carbocycles. The molecule has 1 aliphatic heterocycles. The predicted molar refractivity (Wildman–Crippen MR) is 86.5 cm³/mol. The molecule has 0 fully saturated rings. The highest BCUT2D eigenvalue weighted by atomic mass is 35.5. The number of hydrogen-bond acceptors (Lipinski definition) is 3. The van der Waals surface area contributed by atoms with Gasteiger partial charge in [-0.2, -0.15) is 0 Å². The molecule has 0 saturated heterocycles. The van der Waals surface area contributed by atoms with Gasteiger partial charge in [0.2, 0.25) is 0 Å². The molecule has 1 aliphatic rings. The molecular weight excluding hydrogens is 323 g/mol. The summed E-state index contributed by atoms with van der Waals surface area (Å²) in [6.45, 7) is 0. The molecule has 1 heterocycles. The SMILES string of the molecule is O=C1O/C(=C\c2ccc(Cl)cc2)C(O)=C1c1ccc(Cl)cc1. The molecule has 3 nitrogen and oxygen atoms in total. The summed E-state index contributed by atoms with van der Waals surface area (Å²) in [5.41, 5.74) is 1.43. The number of carbonyl (C=O) groups is 1. The minimum Gasteiger partial charge on any atom is -0.504 e. The van der Waals surface area contributed by atoms with E-state index in [0.29, 0.717) is 15.6 Å². The van der Waals surface area contributed by atoms with Gasteiger partial charge in [0.15, 0.2) is 11.5 Å². The minimum absolute atomic E-state index is 0.109. The number of hydrogen-bond donors (Lipinski definition) is 1. The van der Waals surface area contributed by atoms with Crippen molar-refractivity contribution in [3.63, 3.8) is 0 Å². The number of aliphatic hydroxyl groups excluding tert-OH is 1. The summed E-state index contributed by atoms with van der Waals surface area (Å²) in [7, 11) is 0. The first-order chi connectivity index (χ1) is 10.5. The molecule has 0 unspecified atom stereocenters. The molecule has 3 rings (SSSR count). The lowest BCUT2D eigenvalue weighted by Crippen LogP contribution is -1.98. The maximum Gasteiger partial charge on any atom is 0.348 e. The summed E-state index contributed by atoms with van der Waals surface area (Å²) in [4.78, 5) is 12.0. The third-order valence-electron chi connectivity index (χ3n) is 3.18. The molecule has 1 N–H and O–H groups in total. The van der Waals surface area contributed by atoms with Crippen LogP contribution >= 0.6 is 23.2 Å². The van der Waals surface area contributed by atoms with Gasteiger partial charge in [-0.05, 0) is 41.5 Å². The van der Waals surface area contributed by atoms with Crippen LogP contribution in [-0.4, -0.2) is 11.1 Å². The van der Waals surface area contributed by atoms with E-state index in [0.717, 1.165) is 5.56 Å². The molecule has 0 atom stereocenters. The zero-order valence-corrected chi connectivity index (χ0v) is 12.7. The van der Waals surface area contributed by atoms with Crippen LogP contribution in [0.5, 0.6) is 0 Å². The number of ether oxygens (including phenoxy) is 1. The maximum atomic E-state index is 12.0. The topological polar surface area (TPSA) is 46.5 Å². The van der Waals surface area contributed by atoms with E-state index in [1.54, 1.807) is 54.6 Å². The van der Waals surface area contributed by atoms with Crippen LogP contribution in [0.25, 0.3) is 11.6 Å². The quantitative estimate of drug-likeness (QED) is 0.799. The number of aliphatic hydroxyl groups is 1. The van der Waals surface area contributed by atoms with Crippen molar-refractivity contribution in [2.24, 2.45) is 0 Å². The van der Waals surface area contributed by atoms with Crippen molar-refractivity contribution >= 4 is 40.8 Å². The number of benzene rings is 2. The van der Waals surface area contributed by atoms with Crippen LogP contribution < -0.4 is 0 Å². The molecule has 5 heteroatoms. The third kappa shape index (κ3) is 2.86. The average molecular weight is 333 g/mol. The normalized spacial score (nSPS) is 16.3. The highest BCUT2D eigenvalue weighted by Crippen LogP contribution is 2.33. The molecule has 22 heavy (non-hydrogen) atoms. The summed E-state index contributed by atoms with van der Waals surface area (Å²) in [6, 6.07) is 13.5. The van der Waals surface area contributed by atoms with Crippen molar-refractivity contribution in [1.29, 1.82) is 0 Å². The maximum absolute atomic E-state index is 12.0. The second-order valence-electron chi connectivity index (χ2n) is 4.68. The Balaban J connectivity index is 2.00. The number of rotatable bonds is 2. The lowest BCUT2D eigenvalue weighted by molar-refractivity contribution is -0.131. The predicted octanol–water partition coefficient (Wildman–Crippen LogP) is 4.86. The Bertz CT molecular complexity index is 788. The Kier molecular flexibility index (Phi) is 3.92. The van der Waals surface area contributed by atoms with Crippen LogP contribution in [0.4, 0.5) is 0 Å². The Hall–Kier alpha value is -2.23. The van der Waals surface area contributed by atoms with Crippen LogP contribution in [0.3, 0.4) is 0 Å². The van der Waals surface area contributed by atoms with Crippen molar-refractivity contribution in [2.75, 3.05) is 0 Å². The summed E-state index contributed by atoms with van der Waals surface area (Å²) in [5, 5.41) is 11.4. The highest BCUT2D eigenvalue weighted by Gasteiger charge is 2.30. The van der Waals surface area contributed by atoms with Gasteiger partial charge in [0, 0.05) is 10.0 Å². The second-order valence-corrected chi connectivity index (χ2v) is 5.55. The van der Waals surface area contributed by atoms with E-state index < -0.39 is 5.97 Å². The molecule has 0 aliphatic carbocycles. The average Bonchev–Trinajstić information content (AvgIpc) is 2.77. The van der Waals surface area contributed by atoms with Gasteiger partial charge >= 0.3 is 5.97 Å². The third-order valence-corrected chi connectivity index (χ3v) is 3.68. The van der Waals surface area contributed by atoms with Gasteiger partial charge in [-0.25, -0.2) is 4.79 Å². The second kappa shape index (κ2) is 5.87. The Labute approximate surface area is 137 Å². The summed E-state index contributed by atoms with van der Waals surface area (Å²) in [5.74, 6) is -0.681. The molecule has 0 spiro atoms. The first kappa shape index (κ1) is 14.7. The standard InChI is InChI=1S/C17H10Cl2O3/c18-12-5-1-10(2-6-12)9-14-16(20)15(17(21)22-14)11-3-7-13(19)8-4-11/h1-9,20H/b14-9-. The fourth-order valence-electron chi connectivity index (χ4n) is 2.10. The van der Waals surface area contributed by atoms with Gasteiger partial charge in [-0.1, -0.05) is 47.5 Å². The lowest BCUT2D eigenvalue weighted by Gasteiger charge is -1.99. The van der Waals surface area contributed by atoms with E-state index in [2.05, 4.69) is 0 Å². The number of halogens is 2. The molecule has 0 bridgehead atoms. The largest absolute Gasteiger partial charge is 0.504 e. The first-order valence-electron chi connectivity index (χ1n) is 6.43. The van der Waals surface area contributed by atoms with E-state index in [-0.39, 0.29) is 17.1 Å². The monoisotopic (exact) mass is 332 g/mol. The number of cyclic esters (lactones) is 1. The molecule has 2 aromatic carbocycles. The summed E-state index contributed by atoms with van der Waals surface area (Å²) in [6.07, 6.45) is 1.58. The van der Waals surface area contributed by atoms with E-state index in [1.165, 1.54) is 0 Å². The Morgan fingerprint density at radius 1 is 0.909 bits per heavy atom. The van der Waals surface area contributed by atoms with Crippen LogP contribution in [0.1, 0.15) is 11.1 Å². The minimum atomic E-state index is -0.597. The smallest absolute Gasteiger partial charge is 0.348 e. The fourth-order valence-corrected chi connectivity index (χ4v) is 2.35. The molecule has 0 amide bonds. The van der Waals surface area contributed by atoms with Gasteiger partial charge in [0.1, 0.15) is 5.57 Å². The van der Waals surface area contributed by atoms with E-state index >= 15 is 0 Å². The zero-order valence-electron chi connectivity index (χ0n) is 11.2. The van der Waals surface area contributed by atoms with Crippen molar-refractivity contribution < 1.29 is 14.6 Å². The van der Waals surface area contributed by atoms with Gasteiger partial charge < -0.3 is 9.84 Å². The van der Waals surface area contributed by atoms with Crippen molar-refractivity contribution in [3.8, 4) is 0 Å². The van der Waals surface area contributed by atoms with Gasteiger partial charge in [-0.15, -0.1) is 0 Å². The van der Waals surface area contributed by atoms with E-state index in [9.17, 15) is 9.90 Å². The number of carbonyl (C=O) groups excluding carboxylic acids is 1. The molecule has 110 valence electrons. The summed E-state index contributed by atoms with van der Waals surface area (Å²) >= 11 is 11.6. The van der Waals surface area contributed by atoms with Crippen LogP contribution in [-0.2, 0) is 9.53 Å². The van der Waals surface area contributed by atoms with Gasteiger partial charge in [0.05, 0.1) is 0 Å². The lowest BCUT2D eigenvalue weighted by atomic mass is 10.1. The molecule has 0 aromatic heterocycles. The van der Waals surface area contributed by atoms with Gasteiger partial charge in [0.25, 0.3) is 0 Å². The van der Waals surface area contributed by atoms with E-state index in [1.807, 2.05) is 0 Å². The first-order valence-corrected chi connectivity index (χ1v) is 7.19. The Morgan fingerprint density at radius 3 is 2.05 bits per heavy atom. The fraction of sp³-hybridized carbons (Fsp3) is 0. The highest BCUT2D eigenvalue weighted by molar-refractivity contribution is 6.31. The van der Waals surface area contributed by atoms with Crippen LogP contribution in [0.2, 0.25) is 10.0 Å². The molecule has 0 radical (unpaired) electrons. The van der Waals surface area contributed by atoms with Crippen LogP contribution in [0, 0.1) is 0 Å². The van der Waals surface area contributed by atoms with Crippen molar-refractivity contribution in [3.05, 3.63) is 81.2 Å². The molecule has 2 aromatic rings. The summed E-state index contributed by atoms with van der Waals surface area (Å²) < 4.78 is 5.14. The van der Waals surface area contributed by atoms with Crippen molar-refractivity contribution in [2.45, 2.75) is 0 Å². The van der Waals surface area contributed by atoms with E-state index in [4.69, 9.17) is 27.9 Å². The van der Waals surface area contributed by atoms with Crippen LogP contribution in [0.15, 0.2) is 60.0 Å². The molecular formula is C17H10Cl2O3. The van der Waals surface area contributed by atoms with Gasteiger partial charge in [-0.3, -0.25) is 0 Å².